The lowest BCUT2D eigenvalue weighted by Crippen LogP contribution is -2.29. The van der Waals surface area contributed by atoms with Gasteiger partial charge in [-0.05, 0) is 81.6 Å². The van der Waals surface area contributed by atoms with Crippen LogP contribution in [0.4, 0.5) is 0 Å². The minimum atomic E-state index is -0.421. The number of hydrogen-bond acceptors (Lipinski definition) is 21. The highest BCUT2D eigenvalue weighted by atomic mass is 16.7. The molecule has 0 radical (unpaired) electrons. The predicted molar refractivity (Wildman–Crippen MR) is 312 cm³/mol. The molecule has 4 aromatic heterocycles. The van der Waals surface area contributed by atoms with Crippen LogP contribution in [0.15, 0.2) is 48.0 Å². The molecule has 0 bridgehead atoms. The van der Waals surface area contributed by atoms with Crippen LogP contribution < -0.4 is 16.3 Å². The summed E-state index contributed by atoms with van der Waals surface area (Å²) in [7, 11) is 10.8. The van der Waals surface area contributed by atoms with Gasteiger partial charge in [-0.3, -0.25) is 29.0 Å². The van der Waals surface area contributed by atoms with Gasteiger partial charge in [-0.15, -0.1) is 5.10 Å². The van der Waals surface area contributed by atoms with Gasteiger partial charge in [-0.25, -0.2) is 4.79 Å². The highest BCUT2D eigenvalue weighted by molar-refractivity contribution is 5.89. The van der Waals surface area contributed by atoms with Crippen molar-refractivity contribution in [3.05, 3.63) is 59.4 Å². The normalized spacial score (nSPS) is 21.6. The number of nitrogens with two attached hydrogens (primary N) is 2. The van der Waals surface area contributed by atoms with Gasteiger partial charge in [0.05, 0.1) is 5.84 Å². The number of amides is 5. The lowest BCUT2D eigenvalue weighted by molar-refractivity contribution is -0.142. The molecule has 0 spiro atoms. The van der Waals surface area contributed by atoms with Gasteiger partial charge in [0.1, 0.15) is 16.9 Å². The van der Waals surface area contributed by atoms with E-state index in [4.69, 9.17) is 35.1 Å². The van der Waals surface area contributed by atoms with Crippen LogP contribution in [0.2, 0.25) is 0 Å². The Balaban J connectivity index is 0.000000218. The predicted octanol–water partition coefficient (Wildman–Crippen LogP) is 4.58. The van der Waals surface area contributed by atoms with E-state index in [0.717, 1.165) is 102 Å². The van der Waals surface area contributed by atoms with E-state index < -0.39 is 5.97 Å². The quantitative estimate of drug-likeness (QED) is 0.0688. The molecule has 5 saturated heterocycles. The fraction of sp³-hybridized carbons (Fsp3) is 0.643. The third kappa shape index (κ3) is 21.9. The molecule has 5 unspecified atom stereocenters. The van der Waals surface area contributed by atoms with Crippen LogP contribution in [0.5, 0.6) is 0 Å². The maximum atomic E-state index is 11.6. The largest absolute Gasteiger partial charge is 0.409 e. The first-order chi connectivity index (χ1) is 40.1. The minimum Gasteiger partial charge on any atom is -0.409 e. The number of aryl methyl sites for hydroxylation is 3. The fourth-order valence-corrected chi connectivity index (χ4v) is 9.75. The van der Waals surface area contributed by atoms with Crippen LogP contribution in [0.3, 0.4) is 0 Å². The molecule has 5 fully saturated rings. The van der Waals surface area contributed by atoms with Gasteiger partial charge in [0, 0.05) is 164 Å². The zero-order valence-corrected chi connectivity index (χ0v) is 50.2. The molecule has 29 nitrogen and oxygen atoms in total. The molecule has 5 aliphatic heterocycles. The molecule has 0 aliphatic carbocycles. The van der Waals surface area contributed by atoms with Crippen molar-refractivity contribution in [1.82, 2.24) is 70.1 Å². The molecule has 468 valence electrons. The number of aliphatic imine (C=N–C) groups is 1. The molecule has 1 aromatic carbocycles. The van der Waals surface area contributed by atoms with Crippen molar-refractivity contribution < 1.29 is 52.4 Å². The second-order valence-corrected chi connectivity index (χ2v) is 21.5. The number of rotatable bonds is 6. The molecule has 5 aliphatic rings. The topological polar surface area (TPSA) is 372 Å². The molecule has 5 aromatic rings. The smallest absolute Gasteiger partial charge is 0.332 e. The number of benzene rings is 1. The SMILES string of the molecule is C.CC(=O)On1nnc2ccccc21.CN1CCCC(/C(N)=N/O)CC1=O.CN=C(N)C1CCCN(C)C(=O)C1.Cc1nc(C2CCCN(C)C(=O)C2)no1.Cc1nc(C2CCCN(C)C(=O)C2)no1.Cc1nc(C2CCCN(C)C(=O)C2)no1. The van der Waals surface area contributed by atoms with E-state index >= 15 is 0 Å². The van der Waals surface area contributed by atoms with E-state index in [-0.39, 0.29) is 72.4 Å². The first-order valence-electron chi connectivity index (χ1n) is 28.4. The Bertz CT molecular complexity index is 2770. The molecule has 9 heterocycles. The van der Waals surface area contributed by atoms with Gasteiger partial charge in [-0.2, -0.15) is 15.0 Å². The summed E-state index contributed by atoms with van der Waals surface area (Å²) in [5.74, 6) is 5.26. The van der Waals surface area contributed by atoms with Crippen LogP contribution >= 0.6 is 0 Å². The van der Waals surface area contributed by atoms with E-state index in [1.165, 1.54) is 6.92 Å². The third-order valence-corrected chi connectivity index (χ3v) is 14.9. The summed E-state index contributed by atoms with van der Waals surface area (Å²) in [6.07, 6.45) is 11.9. The standard InChI is InChI=1S/3C10H15N3O2.C9H17N3O.C8H7N3O2.C8H15N3O2.CH4/c3*1-7-11-10(12-15-7)8-4-3-5-13(2)9(14)6-8;1-11-9(10)7-4-3-5-12(2)8(13)6-7;1-6(12)13-11-8-5-3-2-4-7(8)9-10-11;1-11-4-2-3-6(5-7(11)12)8(9)10-13;/h3*8H,3-6H2,1-2H3;7H,3-6H2,1-2H3,(H2,10,11);2-5H,1H3;6,13H,2-5H2,1H3,(H2,9,10);1H4. The van der Waals surface area contributed by atoms with Crippen molar-refractivity contribution in [2.24, 2.45) is 33.5 Å². The average molecular weight is 1190 g/mol. The Hall–Kier alpha value is -8.40. The molecule has 5 atom stereocenters. The number of nitrogens with zero attached hydrogens (tertiary/aromatic N) is 16. The van der Waals surface area contributed by atoms with Crippen molar-refractivity contribution in [3.63, 3.8) is 0 Å². The zero-order chi connectivity index (χ0) is 61.5. The van der Waals surface area contributed by atoms with Gasteiger partial charge in [0.2, 0.25) is 47.2 Å². The lowest BCUT2D eigenvalue weighted by atomic mass is 9.99. The minimum absolute atomic E-state index is 0. The summed E-state index contributed by atoms with van der Waals surface area (Å²) < 4.78 is 14.8. The Morgan fingerprint density at radius 3 is 1.24 bits per heavy atom. The number of para-hydroxylation sites is 1. The number of aromatic nitrogens is 9. The summed E-state index contributed by atoms with van der Waals surface area (Å²) in [6, 6.07) is 7.24. The number of carbonyl (C=O) groups is 6. The Morgan fingerprint density at radius 2 is 0.906 bits per heavy atom. The molecule has 0 saturated carbocycles. The van der Waals surface area contributed by atoms with Crippen molar-refractivity contribution >= 4 is 58.2 Å². The summed E-state index contributed by atoms with van der Waals surface area (Å²) in [4.78, 5) is 99.6. The second-order valence-electron chi connectivity index (χ2n) is 21.5. The molecular formula is C56H88N18O11. The van der Waals surface area contributed by atoms with Crippen LogP contribution in [-0.2, 0) is 28.8 Å². The van der Waals surface area contributed by atoms with Gasteiger partial charge < -0.3 is 59.6 Å². The first kappa shape index (κ1) is 69.1. The van der Waals surface area contributed by atoms with E-state index in [2.05, 4.69) is 50.9 Å². The van der Waals surface area contributed by atoms with Gasteiger partial charge >= 0.3 is 5.97 Å². The molecule has 29 heteroatoms. The summed E-state index contributed by atoms with van der Waals surface area (Å²) in [6.45, 7) is 10.7. The number of fused-ring (bicyclic) bond motifs is 1. The van der Waals surface area contributed by atoms with Crippen molar-refractivity contribution in [2.75, 3.05) is 75.0 Å². The van der Waals surface area contributed by atoms with E-state index in [0.29, 0.717) is 84.1 Å². The highest BCUT2D eigenvalue weighted by Crippen LogP contribution is 2.29. The van der Waals surface area contributed by atoms with Crippen LogP contribution in [-0.4, -0.2) is 197 Å². The summed E-state index contributed by atoms with van der Waals surface area (Å²) in [5.41, 5.74) is 12.5. The summed E-state index contributed by atoms with van der Waals surface area (Å²) in [5, 5.41) is 30.5. The molecule has 5 N–H and O–H groups in total. The van der Waals surface area contributed by atoms with Gasteiger partial charge in [-0.1, -0.05) is 45.0 Å². The van der Waals surface area contributed by atoms with E-state index in [1.807, 2.05) is 40.3 Å². The zero-order valence-electron chi connectivity index (χ0n) is 50.2. The summed E-state index contributed by atoms with van der Waals surface area (Å²) >= 11 is 0. The van der Waals surface area contributed by atoms with Crippen LogP contribution in [0.25, 0.3) is 11.0 Å². The molecular weight excluding hydrogens is 1100 g/mol. The number of likely N-dealkylation sites (tertiary alicyclic amines) is 5. The number of hydrogen-bond donors (Lipinski definition) is 3. The maximum Gasteiger partial charge on any atom is 0.332 e. The molecule has 85 heavy (non-hydrogen) atoms. The fourth-order valence-electron chi connectivity index (χ4n) is 9.75. The van der Waals surface area contributed by atoms with Gasteiger partial charge in [0.15, 0.2) is 17.5 Å². The lowest BCUT2D eigenvalue weighted by Gasteiger charge is -2.14. The second kappa shape index (κ2) is 34.4. The van der Waals surface area contributed by atoms with Crippen molar-refractivity contribution in [3.8, 4) is 0 Å². The molecule has 10 rings (SSSR count). The first-order valence-corrected chi connectivity index (χ1v) is 28.4. The van der Waals surface area contributed by atoms with Gasteiger partial charge in [0.25, 0.3) is 0 Å². The van der Waals surface area contributed by atoms with Crippen molar-refractivity contribution in [2.45, 2.75) is 149 Å². The van der Waals surface area contributed by atoms with Crippen LogP contribution in [0, 0.1) is 32.6 Å². The van der Waals surface area contributed by atoms with Crippen molar-refractivity contribution in [1.29, 1.82) is 0 Å². The Morgan fingerprint density at radius 1 is 0.565 bits per heavy atom. The number of amidine groups is 2. The average Bonchev–Trinajstić information content (AvgIpc) is 4.26. The third-order valence-electron chi connectivity index (χ3n) is 14.9. The van der Waals surface area contributed by atoms with E-state index in [1.54, 1.807) is 71.5 Å². The Labute approximate surface area is 496 Å². The highest BCUT2D eigenvalue weighted by Gasteiger charge is 2.29. The monoisotopic (exact) mass is 1190 g/mol. The molecule has 5 amide bonds. The number of oxime groups is 1. The Kier molecular flexibility index (Phi) is 28.0. The maximum absolute atomic E-state index is 11.6. The number of carbonyl (C=O) groups excluding carboxylic acids is 6. The van der Waals surface area contributed by atoms with E-state index in [9.17, 15) is 28.8 Å². The van der Waals surface area contributed by atoms with Crippen LogP contribution in [0.1, 0.15) is 164 Å².